The van der Waals surface area contributed by atoms with Crippen molar-refractivity contribution in [1.29, 1.82) is 0 Å². The highest BCUT2D eigenvalue weighted by Gasteiger charge is 2.15. The first-order valence-corrected chi connectivity index (χ1v) is 9.83. The molecule has 2 aliphatic heterocycles. The topological polar surface area (TPSA) is 44.2 Å². The molecule has 2 aromatic rings. The van der Waals surface area contributed by atoms with Crippen molar-refractivity contribution in [2.45, 2.75) is 54.4 Å². The molecule has 0 aliphatic carbocycles. The Labute approximate surface area is 159 Å². The maximum absolute atomic E-state index is 5.50. The third-order valence-electron chi connectivity index (χ3n) is 3.91. The molecule has 2 aromatic heterocycles. The quantitative estimate of drug-likeness (QED) is 0.636. The highest BCUT2D eigenvalue weighted by Crippen LogP contribution is 2.25. The molecule has 2 unspecified atom stereocenters. The minimum absolute atomic E-state index is 0.631. The predicted molar refractivity (Wildman–Crippen MR) is 108 cm³/mol. The van der Waals surface area contributed by atoms with E-state index in [1.54, 1.807) is 12.4 Å². The van der Waals surface area contributed by atoms with Crippen LogP contribution in [0.5, 0.6) is 11.5 Å². The van der Waals surface area contributed by atoms with Gasteiger partial charge in [-0.15, -0.1) is 0 Å². The van der Waals surface area contributed by atoms with Gasteiger partial charge in [0.25, 0.3) is 0 Å². The number of hydrogen-bond acceptors (Lipinski definition) is 4. The van der Waals surface area contributed by atoms with Gasteiger partial charge >= 0.3 is 0 Å². The number of ether oxygens (including phenoxy) is 2. The lowest BCUT2D eigenvalue weighted by molar-refractivity contribution is 0.233. The van der Waals surface area contributed by atoms with Crippen molar-refractivity contribution >= 4 is 0 Å². The van der Waals surface area contributed by atoms with Crippen molar-refractivity contribution in [2.75, 3.05) is 13.2 Å². The molecule has 0 radical (unpaired) electrons. The van der Waals surface area contributed by atoms with E-state index in [2.05, 4.69) is 23.8 Å². The molecule has 0 bridgehead atoms. The zero-order chi connectivity index (χ0) is 19.4. The van der Waals surface area contributed by atoms with Gasteiger partial charge in [0.1, 0.15) is 11.5 Å². The van der Waals surface area contributed by atoms with Crippen molar-refractivity contribution in [1.82, 2.24) is 9.97 Å². The van der Waals surface area contributed by atoms with Gasteiger partial charge in [0.05, 0.1) is 19.4 Å². The van der Waals surface area contributed by atoms with Crippen LogP contribution in [0.2, 0.25) is 0 Å². The molecule has 0 amide bonds. The Morgan fingerprint density at radius 3 is 1.96 bits per heavy atom. The van der Waals surface area contributed by atoms with E-state index in [1.807, 2.05) is 52.2 Å². The Hall–Kier alpha value is -2.10. The molecule has 2 atom stereocenters. The Balaban J connectivity index is 0.000000219. The molecule has 4 nitrogen and oxygen atoms in total. The number of fused-ring (bicyclic) bond motifs is 2. The second-order valence-corrected chi connectivity index (χ2v) is 6.21. The first-order chi connectivity index (χ1) is 12.7. The van der Waals surface area contributed by atoms with E-state index in [9.17, 15) is 0 Å². The van der Waals surface area contributed by atoms with Crippen LogP contribution in [-0.4, -0.2) is 23.2 Å². The molecule has 144 valence electrons. The van der Waals surface area contributed by atoms with Crippen LogP contribution in [0, 0.1) is 11.8 Å². The standard InChI is InChI=1S/2C9H11NO.2C2H6/c1-7-4-8-5-10-3-2-9(8)11-6-7;1-7-4-8-2-3-10-5-9(8)11-6-7;2*1-2/h2*2-3,5,7H,4,6H2,1H3;2*1-2H3. The number of nitrogens with zero attached hydrogens (tertiary/aromatic N) is 2. The zero-order valence-electron chi connectivity index (χ0n) is 17.2. The van der Waals surface area contributed by atoms with E-state index in [1.165, 1.54) is 11.1 Å². The molecule has 0 spiro atoms. The first-order valence-electron chi connectivity index (χ1n) is 9.83. The van der Waals surface area contributed by atoms with Crippen LogP contribution < -0.4 is 9.47 Å². The van der Waals surface area contributed by atoms with Crippen LogP contribution in [0.4, 0.5) is 0 Å². The van der Waals surface area contributed by atoms with Crippen LogP contribution in [0.3, 0.4) is 0 Å². The lowest BCUT2D eigenvalue weighted by atomic mass is 10.00. The summed E-state index contributed by atoms with van der Waals surface area (Å²) in [6.07, 6.45) is 9.50. The molecular formula is C22H34N2O2. The molecule has 4 rings (SSSR count). The number of hydrogen-bond donors (Lipinski definition) is 0. The third kappa shape index (κ3) is 6.66. The molecular weight excluding hydrogens is 324 g/mol. The monoisotopic (exact) mass is 358 g/mol. The van der Waals surface area contributed by atoms with Crippen molar-refractivity contribution in [3.05, 3.63) is 48.0 Å². The van der Waals surface area contributed by atoms with Gasteiger partial charge in [-0.25, -0.2) is 0 Å². The van der Waals surface area contributed by atoms with Crippen molar-refractivity contribution < 1.29 is 9.47 Å². The summed E-state index contributed by atoms with van der Waals surface area (Å²) in [4.78, 5) is 8.05. The maximum atomic E-state index is 5.50. The molecule has 26 heavy (non-hydrogen) atoms. The third-order valence-corrected chi connectivity index (χ3v) is 3.91. The average molecular weight is 359 g/mol. The van der Waals surface area contributed by atoms with Gasteiger partial charge in [-0.3, -0.25) is 9.97 Å². The van der Waals surface area contributed by atoms with E-state index in [4.69, 9.17) is 9.47 Å². The van der Waals surface area contributed by atoms with Gasteiger partial charge in [-0.05, 0) is 42.4 Å². The SMILES string of the molecule is CC.CC.CC1COc2ccncc2C1.CC1COc2cnccc2C1. The van der Waals surface area contributed by atoms with Crippen molar-refractivity contribution in [2.24, 2.45) is 11.8 Å². The Morgan fingerprint density at radius 1 is 0.731 bits per heavy atom. The van der Waals surface area contributed by atoms with Gasteiger partial charge in [-0.2, -0.15) is 0 Å². The predicted octanol–water partition coefficient (Wildman–Crippen LogP) is 5.36. The van der Waals surface area contributed by atoms with Crippen molar-refractivity contribution in [3.63, 3.8) is 0 Å². The summed E-state index contributed by atoms with van der Waals surface area (Å²) in [7, 11) is 0. The van der Waals surface area contributed by atoms with Crippen LogP contribution in [0.15, 0.2) is 36.9 Å². The van der Waals surface area contributed by atoms with Gasteiger partial charge in [0.15, 0.2) is 0 Å². The van der Waals surface area contributed by atoms with Gasteiger partial charge < -0.3 is 9.47 Å². The fourth-order valence-corrected chi connectivity index (χ4v) is 2.75. The van der Waals surface area contributed by atoms with E-state index in [0.717, 1.165) is 37.6 Å². The lowest BCUT2D eigenvalue weighted by Gasteiger charge is -2.21. The Bertz CT molecular complexity index is 576. The second-order valence-electron chi connectivity index (χ2n) is 6.21. The molecule has 4 heteroatoms. The fourth-order valence-electron chi connectivity index (χ4n) is 2.75. The smallest absolute Gasteiger partial charge is 0.140 e. The van der Waals surface area contributed by atoms with Crippen LogP contribution in [-0.2, 0) is 12.8 Å². The molecule has 2 aliphatic rings. The highest BCUT2D eigenvalue weighted by molar-refractivity contribution is 5.32. The largest absolute Gasteiger partial charge is 0.493 e. The molecule has 0 N–H and O–H groups in total. The average Bonchev–Trinajstić information content (AvgIpc) is 2.71. The van der Waals surface area contributed by atoms with E-state index in [0.29, 0.717) is 11.8 Å². The zero-order valence-corrected chi connectivity index (χ0v) is 17.2. The molecule has 0 aromatic carbocycles. The summed E-state index contributed by atoms with van der Waals surface area (Å²) >= 11 is 0. The molecule has 4 heterocycles. The summed E-state index contributed by atoms with van der Waals surface area (Å²) in [6.45, 7) is 14.1. The highest BCUT2D eigenvalue weighted by atomic mass is 16.5. The fraction of sp³-hybridized carbons (Fsp3) is 0.545. The van der Waals surface area contributed by atoms with E-state index < -0.39 is 0 Å². The Morgan fingerprint density at radius 2 is 1.27 bits per heavy atom. The number of pyridine rings is 2. The number of aromatic nitrogens is 2. The van der Waals surface area contributed by atoms with Crippen molar-refractivity contribution in [3.8, 4) is 11.5 Å². The number of rotatable bonds is 0. The molecule has 0 saturated carbocycles. The maximum Gasteiger partial charge on any atom is 0.140 e. The van der Waals surface area contributed by atoms with E-state index in [-0.39, 0.29) is 0 Å². The summed E-state index contributed by atoms with van der Waals surface area (Å²) in [6, 6.07) is 3.96. The summed E-state index contributed by atoms with van der Waals surface area (Å²) in [5, 5.41) is 0. The van der Waals surface area contributed by atoms with Crippen LogP contribution in [0.1, 0.15) is 52.7 Å². The summed E-state index contributed by atoms with van der Waals surface area (Å²) in [5.41, 5.74) is 2.53. The lowest BCUT2D eigenvalue weighted by Crippen LogP contribution is -2.17. The summed E-state index contributed by atoms with van der Waals surface area (Å²) < 4.78 is 11.0. The van der Waals surface area contributed by atoms with E-state index >= 15 is 0 Å². The molecule has 0 fully saturated rings. The normalized spacial score (nSPS) is 19.2. The van der Waals surface area contributed by atoms with Crippen LogP contribution in [0.25, 0.3) is 0 Å². The first kappa shape index (κ1) is 21.9. The minimum Gasteiger partial charge on any atom is -0.493 e. The second kappa shape index (κ2) is 12.3. The summed E-state index contributed by atoms with van der Waals surface area (Å²) in [5.74, 6) is 3.25. The van der Waals surface area contributed by atoms with Gasteiger partial charge in [0, 0.05) is 24.2 Å². The van der Waals surface area contributed by atoms with Gasteiger partial charge in [0.2, 0.25) is 0 Å². The molecule has 0 saturated heterocycles. The van der Waals surface area contributed by atoms with Crippen LogP contribution >= 0.6 is 0 Å². The Kier molecular flexibility index (Phi) is 10.4. The minimum atomic E-state index is 0.631. The van der Waals surface area contributed by atoms with Gasteiger partial charge in [-0.1, -0.05) is 41.5 Å².